The lowest BCUT2D eigenvalue weighted by Crippen LogP contribution is -2.06. The van der Waals surface area contributed by atoms with Crippen molar-refractivity contribution < 1.29 is 0 Å². The van der Waals surface area contributed by atoms with Crippen molar-refractivity contribution in [3.8, 4) is 0 Å². The van der Waals surface area contributed by atoms with Crippen molar-refractivity contribution in [1.82, 2.24) is 0 Å². The Balaban J connectivity index is 2.83. The Hall–Kier alpha value is -0.273. The number of benzene rings is 1. The third kappa shape index (κ3) is 3.00. The molecule has 1 aromatic carbocycles. The maximum atomic E-state index is 6.05. The van der Waals surface area contributed by atoms with Crippen LogP contribution in [-0.4, -0.2) is 10.2 Å². The van der Waals surface area contributed by atoms with E-state index in [9.17, 15) is 0 Å². The summed E-state index contributed by atoms with van der Waals surface area (Å²) in [6.45, 7) is 4.56. The molecule has 1 rings (SSSR count). The van der Waals surface area contributed by atoms with Crippen LogP contribution in [0.1, 0.15) is 19.4 Å². The van der Waals surface area contributed by atoms with Crippen molar-refractivity contribution in [2.45, 2.75) is 25.3 Å². The molecule has 0 saturated heterocycles. The molecule has 0 atom stereocenters. The highest BCUT2D eigenvalue weighted by atomic mass is 35.5. The second-order valence-electron chi connectivity index (χ2n) is 4.33. The molecule has 0 nitrogen and oxygen atoms in total. The maximum Gasteiger partial charge on any atom is 0.0438 e. The van der Waals surface area contributed by atoms with Gasteiger partial charge >= 0.3 is 0 Å². The fourth-order valence-electron chi connectivity index (χ4n) is 1.21. The predicted octanol–water partition coefficient (Wildman–Crippen LogP) is 2.45. The predicted molar refractivity (Wildman–Crippen MR) is 59.1 cm³/mol. The van der Waals surface area contributed by atoms with Crippen LogP contribution in [0, 0.1) is 0 Å². The second kappa shape index (κ2) is 3.63. The molecule has 0 aromatic heterocycles. The summed E-state index contributed by atoms with van der Waals surface area (Å²) in [4.78, 5) is 0. The molecular weight excluding hydrogens is 184 g/mol. The van der Waals surface area contributed by atoms with Crippen molar-refractivity contribution in [3.05, 3.63) is 34.9 Å². The first kappa shape index (κ1) is 9.81. The summed E-state index contributed by atoms with van der Waals surface area (Å²) in [5, 5.41) is 1.35. The third-order valence-electron chi connectivity index (χ3n) is 1.68. The molecule has 0 radical (unpaired) electrons. The van der Waals surface area contributed by atoms with E-state index in [0.717, 1.165) is 11.4 Å². The summed E-state index contributed by atoms with van der Waals surface area (Å²) < 4.78 is 0. The van der Waals surface area contributed by atoms with Crippen LogP contribution in [0.25, 0.3) is 0 Å². The highest BCUT2D eigenvalue weighted by molar-refractivity contribution is 6.31. The van der Waals surface area contributed by atoms with Crippen LogP contribution in [-0.2, 0) is 6.42 Å². The van der Waals surface area contributed by atoms with Crippen LogP contribution in [0.3, 0.4) is 0 Å². The van der Waals surface area contributed by atoms with Gasteiger partial charge in [-0.3, -0.25) is 0 Å². The zero-order chi connectivity index (χ0) is 9.19. The lowest BCUT2D eigenvalue weighted by Gasteiger charge is -2.18. The normalized spacial score (nSPS) is 11.9. The smallest absolute Gasteiger partial charge is 0.0438 e. The molecule has 1 aromatic rings. The van der Waals surface area contributed by atoms with Gasteiger partial charge in [0.15, 0.2) is 0 Å². The van der Waals surface area contributed by atoms with Gasteiger partial charge in [-0.1, -0.05) is 43.6 Å². The quantitative estimate of drug-likeness (QED) is 0.641. The zero-order valence-corrected chi connectivity index (χ0v) is 10.7. The number of hydrogen-bond acceptors (Lipinski definition) is 0. The molecule has 0 unspecified atom stereocenters. The highest BCUT2D eigenvalue weighted by Gasteiger charge is 2.12. The Labute approximate surface area is 82.4 Å². The Morgan fingerprint density at radius 3 is 2.42 bits per heavy atom. The van der Waals surface area contributed by atoms with Crippen molar-refractivity contribution in [1.29, 1.82) is 0 Å². The minimum absolute atomic E-state index is 0.449. The number of hydrogen-bond donors (Lipinski definition) is 0. The molecule has 0 aliphatic carbocycles. The fraction of sp³-hybridized carbons (Fsp3) is 0.400. The van der Waals surface area contributed by atoms with Crippen molar-refractivity contribution in [2.24, 2.45) is 0 Å². The molecule has 0 amide bonds. The van der Waals surface area contributed by atoms with Gasteiger partial charge in [-0.2, -0.15) is 0 Å². The van der Waals surface area contributed by atoms with Crippen molar-refractivity contribution in [3.63, 3.8) is 0 Å². The Kier molecular flexibility index (Phi) is 2.97. The summed E-state index contributed by atoms with van der Waals surface area (Å²) in [5.41, 5.74) is 1.28. The van der Waals surface area contributed by atoms with Gasteiger partial charge in [0.2, 0.25) is 0 Å². The van der Waals surface area contributed by atoms with Crippen LogP contribution in [0.15, 0.2) is 24.3 Å². The molecule has 2 heteroatoms. The van der Waals surface area contributed by atoms with E-state index < -0.39 is 0 Å². The third-order valence-corrected chi connectivity index (χ3v) is 2.40. The lowest BCUT2D eigenvalue weighted by atomic mass is 10.0. The molecule has 0 fully saturated rings. The molecule has 0 aliphatic rings. The second-order valence-corrected chi connectivity index (χ2v) is 7.44. The first-order chi connectivity index (χ1) is 5.49. The van der Waals surface area contributed by atoms with E-state index in [1.807, 2.05) is 12.1 Å². The van der Waals surface area contributed by atoms with Crippen LogP contribution >= 0.6 is 11.6 Å². The van der Waals surface area contributed by atoms with Crippen LogP contribution in [0.2, 0.25) is 10.1 Å². The SMILES string of the molecule is CC(C)([SiH3])Cc1ccccc1Cl. The van der Waals surface area contributed by atoms with Crippen LogP contribution in [0.4, 0.5) is 0 Å². The van der Waals surface area contributed by atoms with E-state index >= 15 is 0 Å². The van der Waals surface area contributed by atoms with Crippen molar-refractivity contribution >= 4 is 21.8 Å². The van der Waals surface area contributed by atoms with Gasteiger partial charge in [0, 0.05) is 15.3 Å². The van der Waals surface area contributed by atoms with Crippen LogP contribution in [0.5, 0.6) is 0 Å². The largest absolute Gasteiger partial charge is 0.0840 e. The monoisotopic (exact) mass is 198 g/mol. The molecule has 0 aliphatic heterocycles. The molecule has 0 saturated carbocycles. The fourth-order valence-corrected chi connectivity index (χ4v) is 1.80. The Bertz CT molecular complexity index is 263. The molecule has 66 valence electrons. The lowest BCUT2D eigenvalue weighted by molar-refractivity contribution is 0.676. The first-order valence-corrected chi connectivity index (χ1v) is 5.60. The topological polar surface area (TPSA) is 0 Å². The van der Waals surface area contributed by atoms with Gasteiger partial charge in [0.1, 0.15) is 0 Å². The van der Waals surface area contributed by atoms with Gasteiger partial charge in [0.05, 0.1) is 0 Å². The summed E-state index contributed by atoms with van der Waals surface area (Å²) >= 11 is 6.05. The molecular formula is C10H15ClSi. The molecule has 0 bridgehead atoms. The Morgan fingerprint density at radius 1 is 1.33 bits per heavy atom. The average Bonchev–Trinajstić information content (AvgIpc) is 1.91. The zero-order valence-electron chi connectivity index (χ0n) is 7.89. The molecule has 0 spiro atoms. The molecule has 0 heterocycles. The van der Waals surface area contributed by atoms with E-state index in [2.05, 4.69) is 26.0 Å². The van der Waals surface area contributed by atoms with Gasteiger partial charge in [-0.05, 0) is 23.1 Å². The highest BCUT2D eigenvalue weighted by Crippen LogP contribution is 2.28. The van der Waals surface area contributed by atoms with Gasteiger partial charge in [-0.15, -0.1) is 0 Å². The van der Waals surface area contributed by atoms with E-state index in [1.54, 1.807) is 0 Å². The van der Waals surface area contributed by atoms with E-state index in [0.29, 0.717) is 5.04 Å². The van der Waals surface area contributed by atoms with Crippen LogP contribution < -0.4 is 0 Å². The number of rotatable bonds is 2. The Morgan fingerprint density at radius 2 is 1.92 bits per heavy atom. The standard InChI is InChI=1S/C10H15ClSi/c1-10(2,12)7-8-5-3-4-6-9(8)11/h3-6H,7H2,1-2,12H3. The number of halogens is 1. The molecule has 12 heavy (non-hydrogen) atoms. The average molecular weight is 199 g/mol. The summed E-state index contributed by atoms with van der Waals surface area (Å²) in [5.74, 6) is 0. The van der Waals surface area contributed by atoms with E-state index in [4.69, 9.17) is 11.6 Å². The molecule has 0 N–H and O–H groups in total. The van der Waals surface area contributed by atoms with Gasteiger partial charge in [0.25, 0.3) is 0 Å². The summed E-state index contributed by atoms with van der Waals surface area (Å²) in [6.07, 6.45) is 1.10. The minimum atomic E-state index is 0.449. The maximum absolute atomic E-state index is 6.05. The van der Waals surface area contributed by atoms with E-state index in [1.165, 1.54) is 15.8 Å². The van der Waals surface area contributed by atoms with Gasteiger partial charge in [-0.25, -0.2) is 0 Å². The van der Waals surface area contributed by atoms with Crippen molar-refractivity contribution in [2.75, 3.05) is 0 Å². The summed E-state index contributed by atoms with van der Waals surface area (Å²) in [6, 6.07) is 8.10. The minimum Gasteiger partial charge on any atom is -0.0840 e. The summed E-state index contributed by atoms with van der Waals surface area (Å²) in [7, 11) is 1.20. The van der Waals surface area contributed by atoms with E-state index in [-0.39, 0.29) is 0 Å². The van der Waals surface area contributed by atoms with Gasteiger partial charge < -0.3 is 0 Å². The first-order valence-electron chi connectivity index (χ1n) is 4.22.